The Hall–Kier alpha value is -2.35. The number of rotatable bonds is 6. The zero-order chi connectivity index (χ0) is 23.7. The Morgan fingerprint density at radius 1 is 1.15 bits per heavy atom. The summed E-state index contributed by atoms with van der Waals surface area (Å²) in [6.07, 6.45) is 5.81. The van der Waals surface area contributed by atoms with Gasteiger partial charge >= 0.3 is 0 Å². The van der Waals surface area contributed by atoms with Gasteiger partial charge in [0.05, 0.1) is 19.0 Å². The topological polar surface area (TPSA) is 58.4 Å². The summed E-state index contributed by atoms with van der Waals surface area (Å²) in [6, 6.07) is 9.51. The van der Waals surface area contributed by atoms with Crippen LogP contribution in [0.5, 0.6) is 0 Å². The predicted molar refractivity (Wildman–Crippen MR) is 134 cm³/mol. The molecule has 2 saturated heterocycles. The summed E-state index contributed by atoms with van der Waals surface area (Å²) in [7, 11) is 0. The van der Waals surface area contributed by atoms with Gasteiger partial charge in [0, 0.05) is 59.3 Å². The molecular weight excluding hydrogens is 491 g/mol. The number of hydrogen-bond donors (Lipinski definition) is 0. The summed E-state index contributed by atoms with van der Waals surface area (Å²) >= 11 is 14.2. The van der Waals surface area contributed by atoms with Gasteiger partial charge in [-0.25, -0.2) is 4.98 Å². The van der Waals surface area contributed by atoms with E-state index in [9.17, 15) is 9.59 Å². The Morgan fingerprint density at radius 3 is 2.74 bits per heavy atom. The first-order valence-corrected chi connectivity index (χ1v) is 13.2. The van der Waals surface area contributed by atoms with Crippen LogP contribution >= 0.6 is 34.5 Å². The molecule has 5 rings (SSSR count). The van der Waals surface area contributed by atoms with Crippen LogP contribution in [0.3, 0.4) is 0 Å². The van der Waals surface area contributed by atoms with Gasteiger partial charge in [-0.2, -0.15) is 0 Å². The van der Waals surface area contributed by atoms with Crippen molar-refractivity contribution in [3.63, 3.8) is 0 Å². The van der Waals surface area contributed by atoms with Gasteiger partial charge in [0.1, 0.15) is 5.82 Å². The number of carbonyl (C=O) groups excluding carboxylic acids is 2. The lowest BCUT2D eigenvalue weighted by Crippen LogP contribution is -2.42. The second-order valence-electron chi connectivity index (χ2n) is 9.00. The Kier molecular flexibility index (Phi) is 6.95. The lowest BCUT2D eigenvalue weighted by Gasteiger charge is -2.33. The van der Waals surface area contributed by atoms with E-state index in [-0.39, 0.29) is 23.7 Å². The summed E-state index contributed by atoms with van der Waals surface area (Å²) in [5, 5.41) is 3.35. The van der Waals surface area contributed by atoms with Gasteiger partial charge in [-0.05, 0) is 48.1 Å². The molecule has 0 saturated carbocycles. The molecule has 0 radical (unpaired) electrons. The van der Waals surface area contributed by atoms with Crippen LogP contribution < -0.4 is 0 Å². The summed E-state index contributed by atoms with van der Waals surface area (Å²) < 4.78 is 2.12. The standard InChI is InChI=1S/C25H26Cl2N4O2S/c26-20-3-4-22(27)18(12-20)14-30-10-7-28-24(30)17-5-8-29(9-6-17)25(33)19-13-23(32)31(15-19)16-21-2-1-11-34-21/h1-4,7,10-12,17,19H,5-6,8-9,13-16H2. The number of thiophene rings is 1. The van der Waals surface area contributed by atoms with Crippen molar-refractivity contribution in [3.8, 4) is 0 Å². The van der Waals surface area contributed by atoms with Gasteiger partial charge < -0.3 is 14.4 Å². The van der Waals surface area contributed by atoms with Gasteiger partial charge in [-0.3, -0.25) is 9.59 Å². The van der Waals surface area contributed by atoms with Crippen LogP contribution in [0.1, 0.15) is 41.4 Å². The van der Waals surface area contributed by atoms with E-state index in [1.807, 2.05) is 51.8 Å². The number of likely N-dealkylation sites (tertiary alicyclic amines) is 2. The number of halogens is 2. The van der Waals surface area contributed by atoms with Crippen molar-refractivity contribution in [3.05, 3.63) is 74.4 Å². The highest BCUT2D eigenvalue weighted by molar-refractivity contribution is 7.09. The second kappa shape index (κ2) is 10.1. The Morgan fingerprint density at radius 2 is 1.97 bits per heavy atom. The molecule has 2 aromatic heterocycles. The number of imidazole rings is 1. The van der Waals surface area contributed by atoms with E-state index in [2.05, 4.69) is 9.55 Å². The zero-order valence-corrected chi connectivity index (χ0v) is 21.0. The molecule has 3 aromatic rings. The zero-order valence-electron chi connectivity index (χ0n) is 18.7. The van der Waals surface area contributed by atoms with Gasteiger partial charge in [-0.15, -0.1) is 11.3 Å². The molecule has 34 heavy (non-hydrogen) atoms. The molecule has 2 fully saturated rings. The van der Waals surface area contributed by atoms with Gasteiger partial charge in [0.25, 0.3) is 0 Å². The normalized spacial score (nSPS) is 19.2. The highest BCUT2D eigenvalue weighted by Crippen LogP contribution is 2.31. The van der Waals surface area contributed by atoms with Crippen molar-refractivity contribution in [2.24, 2.45) is 5.92 Å². The smallest absolute Gasteiger partial charge is 0.227 e. The largest absolute Gasteiger partial charge is 0.342 e. The minimum Gasteiger partial charge on any atom is -0.342 e. The highest BCUT2D eigenvalue weighted by atomic mass is 35.5. The first kappa shape index (κ1) is 23.4. The molecule has 2 aliphatic rings. The molecule has 0 aliphatic carbocycles. The van der Waals surface area contributed by atoms with E-state index in [0.29, 0.717) is 49.2 Å². The third-order valence-corrected chi connectivity index (χ3v) is 8.22. The number of amides is 2. The predicted octanol–water partition coefficient (Wildman–Crippen LogP) is 5.05. The molecule has 0 bridgehead atoms. The first-order chi connectivity index (χ1) is 16.5. The molecular formula is C25H26Cl2N4O2S. The van der Waals surface area contributed by atoms with E-state index in [4.69, 9.17) is 23.2 Å². The van der Waals surface area contributed by atoms with Crippen molar-refractivity contribution < 1.29 is 9.59 Å². The lowest BCUT2D eigenvalue weighted by molar-refractivity contribution is -0.136. The van der Waals surface area contributed by atoms with Crippen molar-refractivity contribution in [2.75, 3.05) is 19.6 Å². The number of piperidine rings is 1. The molecule has 1 aromatic carbocycles. The van der Waals surface area contributed by atoms with Crippen LogP contribution in [0.15, 0.2) is 48.1 Å². The van der Waals surface area contributed by atoms with Crippen molar-refractivity contribution in [1.82, 2.24) is 19.4 Å². The average molecular weight is 517 g/mol. The molecule has 2 aliphatic heterocycles. The maximum atomic E-state index is 13.2. The Bertz CT molecular complexity index is 1170. The van der Waals surface area contributed by atoms with E-state index < -0.39 is 0 Å². The number of hydrogen-bond acceptors (Lipinski definition) is 4. The molecule has 6 nitrogen and oxygen atoms in total. The van der Waals surface area contributed by atoms with Gasteiger partial charge in [-0.1, -0.05) is 29.3 Å². The summed E-state index contributed by atoms with van der Waals surface area (Å²) in [4.78, 5) is 35.2. The molecule has 4 heterocycles. The van der Waals surface area contributed by atoms with Crippen LogP contribution in [-0.4, -0.2) is 50.8 Å². The average Bonchev–Trinajstić information content (AvgIpc) is 3.59. The summed E-state index contributed by atoms with van der Waals surface area (Å²) in [6.45, 7) is 3.09. The summed E-state index contributed by atoms with van der Waals surface area (Å²) in [5.41, 5.74) is 0.957. The van der Waals surface area contributed by atoms with Crippen molar-refractivity contribution in [2.45, 2.75) is 38.3 Å². The molecule has 178 valence electrons. The molecule has 9 heteroatoms. The Labute approximate surface area is 213 Å². The van der Waals surface area contributed by atoms with Crippen LogP contribution in [-0.2, 0) is 22.7 Å². The number of carbonyl (C=O) groups is 2. The highest BCUT2D eigenvalue weighted by Gasteiger charge is 2.38. The van der Waals surface area contributed by atoms with Crippen LogP contribution in [0.2, 0.25) is 10.0 Å². The lowest BCUT2D eigenvalue weighted by atomic mass is 9.94. The van der Waals surface area contributed by atoms with Gasteiger partial charge in [0.2, 0.25) is 11.8 Å². The van der Waals surface area contributed by atoms with Crippen molar-refractivity contribution in [1.29, 1.82) is 0 Å². The Balaban J connectivity index is 1.18. The minimum absolute atomic E-state index is 0.0725. The third kappa shape index (κ3) is 5.02. The fourth-order valence-electron chi connectivity index (χ4n) is 4.96. The number of aromatic nitrogens is 2. The van der Waals surface area contributed by atoms with E-state index in [0.717, 1.165) is 29.1 Å². The third-order valence-electron chi connectivity index (χ3n) is 6.76. The van der Waals surface area contributed by atoms with E-state index in [1.54, 1.807) is 17.4 Å². The molecule has 0 spiro atoms. The quantitative estimate of drug-likeness (QED) is 0.460. The van der Waals surface area contributed by atoms with E-state index >= 15 is 0 Å². The van der Waals surface area contributed by atoms with Crippen LogP contribution in [0.25, 0.3) is 0 Å². The fraction of sp³-hybridized carbons (Fsp3) is 0.400. The minimum atomic E-state index is -0.240. The van der Waals surface area contributed by atoms with Crippen LogP contribution in [0, 0.1) is 5.92 Å². The molecule has 1 atom stereocenters. The monoisotopic (exact) mass is 516 g/mol. The second-order valence-corrected chi connectivity index (χ2v) is 10.9. The molecule has 0 N–H and O–H groups in total. The SMILES string of the molecule is O=C1CC(C(=O)N2CCC(c3nccn3Cc3cc(Cl)ccc3Cl)CC2)CN1Cc1cccs1. The van der Waals surface area contributed by atoms with Crippen LogP contribution in [0.4, 0.5) is 0 Å². The first-order valence-electron chi connectivity index (χ1n) is 11.5. The van der Waals surface area contributed by atoms with E-state index in [1.165, 1.54) is 0 Å². The number of nitrogens with zero attached hydrogens (tertiary/aromatic N) is 4. The maximum absolute atomic E-state index is 13.2. The van der Waals surface area contributed by atoms with Gasteiger partial charge in [0.15, 0.2) is 0 Å². The summed E-state index contributed by atoms with van der Waals surface area (Å²) in [5.74, 6) is 1.23. The number of benzene rings is 1. The molecule has 1 unspecified atom stereocenters. The fourth-order valence-corrected chi connectivity index (χ4v) is 6.05. The van der Waals surface area contributed by atoms with Crippen molar-refractivity contribution >= 4 is 46.4 Å². The molecule has 2 amide bonds. The maximum Gasteiger partial charge on any atom is 0.227 e.